The topological polar surface area (TPSA) is 33.2 Å². The molecule has 1 aliphatic carbocycles. The van der Waals surface area contributed by atoms with Gasteiger partial charge in [-0.3, -0.25) is 9.78 Å². The van der Waals surface area contributed by atoms with Crippen LogP contribution < -0.4 is 0 Å². The van der Waals surface area contributed by atoms with Crippen molar-refractivity contribution in [3.8, 4) is 0 Å². The SMILES string of the molecule is CN(Cc1ccncc1)C(=O)CC1C=CCC1. The van der Waals surface area contributed by atoms with Gasteiger partial charge in [0.15, 0.2) is 0 Å². The predicted molar refractivity (Wildman–Crippen MR) is 67.2 cm³/mol. The van der Waals surface area contributed by atoms with Crippen molar-refractivity contribution in [2.45, 2.75) is 25.8 Å². The zero-order chi connectivity index (χ0) is 12.1. The molecule has 0 aliphatic heterocycles. The van der Waals surface area contributed by atoms with Crippen molar-refractivity contribution in [3.63, 3.8) is 0 Å². The van der Waals surface area contributed by atoms with Gasteiger partial charge in [0.1, 0.15) is 0 Å². The molecule has 0 aromatic carbocycles. The van der Waals surface area contributed by atoms with E-state index in [1.54, 1.807) is 17.3 Å². The fraction of sp³-hybridized carbons (Fsp3) is 0.429. The molecule has 1 unspecified atom stereocenters. The minimum absolute atomic E-state index is 0.221. The smallest absolute Gasteiger partial charge is 0.223 e. The highest BCUT2D eigenvalue weighted by Crippen LogP contribution is 2.21. The fourth-order valence-electron chi connectivity index (χ4n) is 2.10. The molecule has 3 heteroatoms. The Hall–Kier alpha value is -1.64. The van der Waals surface area contributed by atoms with Crippen LogP contribution in [0, 0.1) is 5.92 Å². The first-order valence-corrected chi connectivity index (χ1v) is 6.05. The monoisotopic (exact) mass is 230 g/mol. The Morgan fingerprint density at radius 2 is 2.24 bits per heavy atom. The van der Waals surface area contributed by atoms with E-state index < -0.39 is 0 Å². The molecule has 17 heavy (non-hydrogen) atoms. The number of aromatic nitrogens is 1. The third kappa shape index (κ3) is 3.41. The van der Waals surface area contributed by atoms with Gasteiger partial charge < -0.3 is 4.90 Å². The van der Waals surface area contributed by atoms with E-state index in [1.807, 2.05) is 19.2 Å². The summed E-state index contributed by atoms with van der Waals surface area (Å²) in [5.74, 6) is 0.667. The van der Waals surface area contributed by atoms with Crippen LogP contribution in [0.1, 0.15) is 24.8 Å². The van der Waals surface area contributed by atoms with Crippen molar-refractivity contribution in [1.82, 2.24) is 9.88 Å². The second kappa shape index (κ2) is 5.62. The van der Waals surface area contributed by atoms with Gasteiger partial charge in [-0.2, -0.15) is 0 Å². The Morgan fingerprint density at radius 3 is 2.88 bits per heavy atom. The van der Waals surface area contributed by atoms with Gasteiger partial charge in [-0.1, -0.05) is 12.2 Å². The van der Waals surface area contributed by atoms with Crippen molar-refractivity contribution in [2.24, 2.45) is 5.92 Å². The molecule has 1 heterocycles. The minimum Gasteiger partial charge on any atom is -0.341 e. The molecule has 0 spiro atoms. The predicted octanol–water partition coefficient (Wildman–Crippen LogP) is 2.40. The molecular weight excluding hydrogens is 212 g/mol. The Morgan fingerprint density at radius 1 is 1.47 bits per heavy atom. The summed E-state index contributed by atoms with van der Waals surface area (Å²) >= 11 is 0. The molecule has 1 amide bonds. The van der Waals surface area contributed by atoms with Gasteiger partial charge in [0.05, 0.1) is 0 Å². The maximum absolute atomic E-state index is 12.0. The third-order valence-electron chi connectivity index (χ3n) is 3.14. The van der Waals surface area contributed by atoms with Crippen molar-refractivity contribution in [2.75, 3.05) is 7.05 Å². The fourth-order valence-corrected chi connectivity index (χ4v) is 2.10. The van der Waals surface area contributed by atoms with Crippen LogP contribution in [0.4, 0.5) is 0 Å². The molecule has 2 rings (SSSR count). The molecule has 3 nitrogen and oxygen atoms in total. The van der Waals surface area contributed by atoms with E-state index >= 15 is 0 Å². The lowest BCUT2D eigenvalue weighted by Crippen LogP contribution is -2.27. The highest BCUT2D eigenvalue weighted by molar-refractivity contribution is 5.76. The second-order valence-electron chi connectivity index (χ2n) is 4.57. The van der Waals surface area contributed by atoms with E-state index in [2.05, 4.69) is 17.1 Å². The number of carbonyl (C=O) groups excluding carboxylic acids is 1. The average Bonchev–Trinajstić information content (AvgIpc) is 2.83. The quantitative estimate of drug-likeness (QED) is 0.744. The van der Waals surface area contributed by atoms with Crippen LogP contribution in [0.15, 0.2) is 36.7 Å². The molecule has 1 aromatic heterocycles. The highest BCUT2D eigenvalue weighted by atomic mass is 16.2. The summed E-state index contributed by atoms with van der Waals surface area (Å²) in [6.07, 6.45) is 10.7. The first-order valence-electron chi connectivity index (χ1n) is 6.05. The van der Waals surface area contributed by atoms with Crippen LogP contribution in [0.5, 0.6) is 0 Å². The molecule has 90 valence electrons. The summed E-state index contributed by atoms with van der Waals surface area (Å²) in [5.41, 5.74) is 1.12. The van der Waals surface area contributed by atoms with Crippen molar-refractivity contribution in [1.29, 1.82) is 0 Å². The molecule has 1 atom stereocenters. The van der Waals surface area contributed by atoms with E-state index in [0.29, 0.717) is 18.9 Å². The van der Waals surface area contributed by atoms with Gasteiger partial charge in [-0.05, 0) is 36.5 Å². The normalized spacial score (nSPS) is 18.3. The summed E-state index contributed by atoms with van der Waals surface area (Å²) in [6.45, 7) is 0.664. The van der Waals surface area contributed by atoms with E-state index in [0.717, 1.165) is 18.4 Å². The number of allylic oxidation sites excluding steroid dienone is 2. The van der Waals surface area contributed by atoms with Gasteiger partial charge in [0, 0.05) is 32.4 Å². The highest BCUT2D eigenvalue weighted by Gasteiger charge is 2.16. The molecule has 0 radical (unpaired) electrons. The van der Waals surface area contributed by atoms with Gasteiger partial charge in [-0.15, -0.1) is 0 Å². The van der Waals surface area contributed by atoms with E-state index in [1.165, 1.54) is 0 Å². The maximum Gasteiger partial charge on any atom is 0.223 e. The summed E-state index contributed by atoms with van der Waals surface area (Å²) in [5, 5.41) is 0. The van der Waals surface area contributed by atoms with Crippen molar-refractivity contribution in [3.05, 3.63) is 42.2 Å². The lowest BCUT2D eigenvalue weighted by atomic mass is 10.0. The zero-order valence-electron chi connectivity index (χ0n) is 10.2. The standard InChI is InChI=1S/C14H18N2O/c1-16(11-13-6-8-15-9-7-13)14(17)10-12-4-2-3-5-12/h2,4,6-9,12H,3,5,10-11H2,1H3. The van der Waals surface area contributed by atoms with Gasteiger partial charge in [0.25, 0.3) is 0 Å². The summed E-state index contributed by atoms with van der Waals surface area (Å²) in [6, 6.07) is 3.89. The van der Waals surface area contributed by atoms with Gasteiger partial charge >= 0.3 is 0 Å². The Kier molecular flexibility index (Phi) is 3.91. The first kappa shape index (κ1) is 11.8. The Balaban J connectivity index is 1.85. The van der Waals surface area contributed by atoms with E-state index in [9.17, 15) is 4.79 Å². The molecular formula is C14H18N2O. The lowest BCUT2D eigenvalue weighted by molar-refractivity contribution is -0.131. The lowest BCUT2D eigenvalue weighted by Gasteiger charge is -2.18. The molecule has 0 fully saturated rings. The molecule has 0 bridgehead atoms. The summed E-state index contributed by atoms with van der Waals surface area (Å²) in [7, 11) is 1.86. The number of amides is 1. The van der Waals surface area contributed by atoms with E-state index in [-0.39, 0.29) is 5.91 Å². The Labute approximate surface area is 102 Å². The van der Waals surface area contributed by atoms with Crippen LogP contribution in [0.25, 0.3) is 0 Å². The van der Waals surface area contributed by atoms with Crippen LogP contribution in [-0.2, 0) is 11.3 Å². The van der Waals surface area contributed by atoms with Crippen LogP contribution in [0.3, 0.4) is 0 Å². The third-order valence-corrected chi connectivity index (χ3v) is 3.14. The number of hydrogen-bond acceptors (Lipinski definition) is 2. The largest absolute Gasteiger partial charge is 0.341 e. The summed E-state index contributed by atoms with van der Waals surface area (Å²) < 4.78 is 0. The molecule has 0 saturated carbocycles. The Bertz CT molecular complexity index is 400. The number of carbonyl (C=O) groups is 1. The first-order chi connectivity index (χ1) is 8.25. The van der Waals surface area contributed by atoms with Crippen LogP contribution in [0.2, 0.25) is 0 Å². The van der Waals surface area contributed by atoms with E-state index in [4.69, 9.17) is 0 Å². The van der Waals surface area contributed by atoms with Gasteiger partial charge in [0.2, 0.25) is 5.91 Å². The average molecular weight is 230 g/mol. The molecule has 0 saturated heterocycles. The van der Waals surface area contributed by atoms with Crippen molar-refractivity contribution < 1.29 is 4.79 Å². The second-order valence-corrected chi connectivity index (χ2v) is 4.57. The van der Waals surface area contributed by atoms with Gasteiger partial charge in [-0.25, -0.2) is 0 Å². The molecule has 1 aromatic rings. The number of nitrogens with zero attached hydrogens (tertiary/aromatic N) is 2. The molecule has 1 aliphatic rings. The maximum atomic E-state index is 12.0. The zero-order valence-corrected chi connectivity index (χ0v) is 10.2. The van der Waals surface area contributed by atoms with Crippen molar-refractivity contribution >= 4 is 5.91 Å². The summed E-state index contributed by atoms with van der Waals surface area (Å²) in [4.78, 5) is 17.7. The van der Waals surface area contributed by atoms with Crippen LogP contribution >= 0.6 is 0 Å². The number of hydrogen-bond donors (Lipinski definition) is 0. The number of rotatable bonds is 4. The minimum atomic E-state index is 0.221. The molecule has 0 N–H and O–H groups in total. The number of pyridine rings is 1. The van der Waals surface area contributed by atoms with Crippen LogP contribution in [-0.4, -0.2) is 22.8 Å².